The highest BCUT2D eigenvalue weighted by Crippen LogP contribution is 2.20. The highest BCUT2D eigenvalue weighted by atomic mass is 32.1. The Morgan fingerprint density at radius 3 is 2.54 bits per heavy atom. The SMILES string of the molecule is Cc1ccnc(-c2ccc(NC(=O)c3cc(C(N)=O)cs3)cc2)n1. The number of aromatic nitrogens is 2. The third kappa shape index (κ3) is 3.47. The molecule has 0 aliphatic carbocycles. The third-order valence-electron chi connectivity index (χ3n) is 3.30. The highest BCUT2D eigenvalue weighted by molar-refractivity contribution is 7.12. The van der Waals surface area contributed by atoms with Crippen LogP contribution in [0.5, 0.6) is 0 Å². The van der Waals surface area contributed by atoms with Crippen LogP contribution in [0.2, 0.25) is 0 Å². The van der Waals surface area contributed by atoms with Crippen LogP contribution < -0.4 is 11.1 Å². The predicted molar refractivity (Wildman–Crippen MR) is 93.0 cm³/mol. The van der Waals surface area contributed by atoms with Gasteiger partial charge < -0.3 is 11.1 Å². The summed E-state index contributed by atoms with van der Waals surface area (Å²) in [6.07, 6.45) is 1.71. The van der Waals surface area contributed by atoms with E-state index in [1.807, 2.05) is 25.1 Å². The number of nitrogens with one attached hydrogen (secondary N) is 1. The first kappa shape index (κ1) is 15.8. The van der Waals surface area contributed by atoms with E-state index in [-0.39, 0.29) is 5.91 Å². The van der Waals surface area contributed by atoms with Crippen LogP contribution >= 0.6 is 11.3 Å². The topological polar surface area (TPSA) is 98.0 Å². The monoisotopic (exact) mass is 338 g/mol. The molecule has 6 nitrogen and oxygen atoms in total. The van der Waals surface area contributed by atoms with Gasteiger partial charge in [0.15, 0.2) is 5.82 Å². The molecule has 1 aromatic carbocycles. The van der Waals surface area contributed by atoms with Gasteiger partial charge in [-0.05, 0) is 43.3 Å². The fourth-order valence-electron chi connectivity index (χ4n) is 2.07. The lowest BCUT2D eigenvalue weighted by Gasteiger charge is -2.05. The molecule has 2 heterocycles. The van der Waals surface area contributed by atoms with E-state index in [9.17, 15) is 9.59 Å². The molecule has 0 fully saturated rings. The van der Waals surface area contributed by atoms with Crippen molar-refractivity contribution in [3.63, 3.8) is 0 Å². The molecule has 120 valence electrons. The highest BCUT2D eigenvalue weighted by Gasteiger charge is 2.12. The fraction of sp³-hybridized carbons (Fsp3) is 0.0588. The second kappa shape index (κ2) is 6.59. The van der Waals surface area contributed by atoms with Gasteiger partial charge in [-0.25, -0.2) is 9.97 Å². The summed E-state index contributed by atoms with van der Waals surface area (Å²) in [6, 6.07) is 10.6. The summed E-state index contributed by atoms with van der Waals surface area (Å²) in [6.45, 7) is 1.90. The standard InChI is InChI=1S/C17H14N4O2S/c1-10-6-7-19-16(20-10)11-2-4-13(5-3-11)21-17(23)14-8-12(9-24-14)15(18)22/h2-9H,1H3,(H2,18,22)(H,21,23). The van der Waals surface area contributed by atoms with Gasteiger partial charge >= 0.3 is 0 Å². The molecule has 7 heteroatoms. The number of nitrogens with two attached hydrogens (primary N) is 1. The van der Waals surface area contributed by atoms with Crippen LogP contribution in [-0.4, -0.2) is 21.8 Å². The van der Waals surface area contributed by atoms with Gasteiger partial charge in [0.1, 0.15) is 0 Å². The molecule has 3 N–H and O–H groups in total. The van der Waals surface area contributed by atoms with Crippen molar-refractivity contribution in [1.82, 2.24) is 9.97 Å². The van der Waals surface area contributed by atoms with Crippen LogP contribution in [0, 0.1) is 6.92 Å². The van der Waals surface area contributed by atoms with Crippen molar-refractivity contribution in [2.75, 3.05) is 5.32 Å². The molecule has 2 amide bonds. The summed E-state index contributed by atoms with van der Waals surface area (Å²) in [5.41, 5.74) is 7.91. The van der Waals surface area contributed by atoms with E-state index in [4.69, 9.17) is 5.73 Å². The Balaban J connectivity index is 1.73. The van der Waals surface area contributed by atoms with Crippen molar-refractivity contribution >= 4 is 28.8 Å². The molecular formula is C17H14N4O2S. The molecule has 0 bridgehead atoms. The van der Waals surface area contributed by atoms with Crippen LogP contribution in [0.4, 0.5) is 5.69 Å². The van der Waals surface area contributed by atoms with E-state index >= 15 is 0 Å². The van der Waals surface area contributed by atoms with Crippen molar-refractivity contribution in [3.05, 3.63) is 64.1 Å². The minimum absolute atomic E-state index is 0.285. The third-order valence-corrected chi connectivity index (χ3v) is 4.23. The zero-order chi connectivity index (χ0) is 17.1. The lowest BCUT2D eigenvalue weighted by molar-refractivity contribution is 0.100. The van der Waals surface area contributed by atoms with E-state index in [0.29, 0.717) is 22.0 Å². The molecule has 0 radical (unpaired) electrons. The Hall–Kier alpha value is -3.06. The molecule has 0 unspecified atom stereocenters. The molecular weight excluding hydrogens is 324 g/mol. The second-order valence-corrected chi connectivity index (χ2v) is 6.03. The van der Waals surface area contributed by atoms with Crippen molar-refractivity contribution in [1.29, 1.82) is 0 Å². The van der Waals surface area contributed by atoms with E-state index in [1.165, 1.54) is 17.4 Å². The van der Waals surface area contributed by atoms with E-state index in [2.05, 4.69) is 15.3 Å². The summed E-state index contributed by atoms with van der Waals surface area (Å²) in [5.74, 6) is -0.197. The van der Waals surface area contributed by atoms with Gasteiger partial charge in [0, 0.05) is 28.5 Å². The number of thiophene rings is 1. The Morgan fingerprint density at radius 2 is 1.92 bits per heavy atom. The number of benzene rings is 1. The predicted octanol–water partition coefficient (Wildman–Crippen LogP) is 2.86. The lowest BCUT2D eigenvalue weighted by atomic mass is 10.2. The van der Waals surface area contributed by atoms with Crippen LogP contribution in [0.25, 0.3) is 11.4 Å². The average molecular weight is 338 g/mol. The number of nitrogens with zero attached hydrogens (tertiary/aromatic N) is 2. The van der Waals surface area contributed by atoms with E-state index in [0.717, 1.165) is 11.3 Å². The molecule has 0 atom stereocenters. The first-order chi connectivity index (χ1) is 11.5. The van der Waals surface area contributed by atoms with Crippen molar-refractivity contribution in [3.8, 4) is 11.4 Å². The molecule has 3 rings (SSSR count). The minimum Gasteiger partial charge on any atom is -0.366 e. The minimum atomic E-state index is -0.548. The zero-order valence-electron chi connectivity index (χ0n) is 12.8. The van der Waals surface area contributed by atoms with Crippen LogP contribution in [0.3, 0.4) is 0 Å². The van der Waals surface area contributed by atoms with Gasteiger partial charge in [0.2, 0.25) is 5.91 Å². The van der Waals surface area contributed by atoms with Gasteiger partial charge in [-0.15, -0.1) is 11.3 Å². The summed E-state index contributed by atoms with van der Waals surface area (Å²) in [5, 5.41) is 4.34. The maximum Gasteiger partial charge on any atom is 0.265 e. The number of primary amides is 1. The van der Waals surface area contributed by atoms with Crippen molar-refractivity contribution in [2.24, 2.45) is 5.73 Å². The molecule has 3 aromatic rings. The fourth-order valence-corrected chi connectivity index (χ4v) is 2.86. The zero-order valence-corrected chi connectivity index (χ0v) is 13.6. The normalized spacial score (nSPS) is 10.4. The summed E-state index contributed by atoms with van der Waals surface area (Å²) in [4.78, 5) is 32.3. The maximum absolute atomic E-state index is 12.2. The largest absolute Gasteiger partial charge is 0.366 e. The molecule has 2 aromatic heterocycles. The second-order valence-electron chi connectivity index (χ2n) is 5.12. The van der Waals surface area contributed by atoms with E-state index in [1.54, 1.807) is 23.7 Å². The number of carbonyl (C=O) groups is 2. The Bertz CT molecular complexity index is 903. The number of carbonyl (C=O) groups excluding carboxylic acids is 2. The van der Waals surface area contributed by atoms with Gasteiger partial charge in [0.05, 0.1) is 10.4 Å². The quantitative estimate of drug-likeness (QED) is 0.764. The van der Waals surface area contributed by atoms with Crippen LogP contribution in [0.1, 0.15) is 25.7 Å². The molecule has 24 heavy (non-hydrogen) atoms. The number of hydrogen-bond acceptors (Lipinski definition) is 5. The Kier molecular flexibility index (Phi) is 4.35. The summed E-state index contributed by atoms with van der Waals surface area (Å²) >= 11 is 1.17. The number of hydrogen-bond donors (Lipinski definition) is 2. The van der Waals surface area contributed by atoms with Crippen LogP contribution in [0.15, 0.2) is 48.0 Å². The maximum atomic E-state index is 12.2. The Labute approximate surface area is 142 Å². The van der Waals surface area contributed by atoms with Crippen LogP contribution in [-0.2, 0) is 0 Å². The first-order valence-corrected chi connectivity index (χ1v) is 8.00. The smallest absolute Gasteiger partial charge is 0.265 e. The van der Waals surface area contributed by atoms with Crippen molar-refractivity contribution in [2.45, 2.75) is 6.92 Å². The molecule has 0 saturated carbocycles. The number of aryl methyl sites for hydroxylation is 1. The molecule has 0 aliphatic rings. The summed E-state index contributed by atoms with van der Waals surface area (Å²) < 4.78 is 0. The molecule has 0 spiro atoms. The number of anilines is 1. The van der Waals surface area contributed by atoms with Gasteiger partial charge in [-0.1, -0.05) is 0 Å². The summed E-state index contributed by atoms with van der Waals surface area (Å²) in [7, 11) is 0. The molecule has 0 saturated heterocycles. The Morgan fingerprint density at radius 1 is 1.17 bits per heavy atom. The first-order valence-electron chi connectivity index (χ1n) is 7.13. The van der Waals surface area contributed by atoms with E-state index < -0.39 is 5.91 Å². The number of amides is 2. The average Bonchev–Trinajstić information content (AvgIpc) is 3.06. The lowest BCUT2D eigenvalue weighted by Crippen LogP contribution is -2.11. The number of rotatable bonds is 4. The van der Waals surface area contributed by atoms with Crippen molar-refractivity contribution < 1.29 is 9.59 Å². The molecule has 0 aliphatic heterocycles. The van der Waals surface area contributed by atoms with Gasteiger partial charge in [-0.2, -0.15) is 0 Å². The van der Waals surface area contributed by atoms with Gasteiger partial charge in [-0.3, -0.25) is 9.59 Å². The van der Waals surface area contributed by atoms with Gasteiger partial charge in [0.25, 0.3) is 5.91 Å².